The lowest BCUT2D eigenvalue weighted by atomic mass is 10.3. The van der Waals surface area contributed by atoms with Gasteiger partial charge in [-0.2, -0.15) is 10.2 Å². The normalized spacial score (nSPS) is 9.50. The lowest BCUT2D eigenvalue weighted by Gasteiger charge is -2.04. The molecule has 1 aromatic carbocycles. The van der Waals surface area contributed by atoms with Gasteiger partial charge in [0.1, 0.15) is 17.5 Å². The number of hydrogen-bond acceptors (Lipinski definition) is 4. The predicted octanol–water partition coefficient (Wildman–Crippen LogP) is 2.75. The maximum absolute atomic E-state index is 8.69. The monoisotopic (exact) mass is 323 g/mol. The second kappa shape index (κ2) is 4.90. The number of para-hydroxylation sites is 1. The molecular formula is C11H6IN3O. The molecule has 16 heavy (non-hydrogen) atoms. The van der Waals surface area contributed by atoms with E-state index in [9.17, 15) is 0 Å². The molecule has 0 aliphatic rings. The van der Waals surface area contributed by atoms with Gasteiger partial charge < -0.3 is 4.74 Å². The molecule has 0 aliphatic carbocycles. The van der Waals surface area contributed by atoms with Crippen molar-refractivity contribution in [3.8, 4) is 17.8 Å². The van der Waals surface area contributed by atoms with Crippen molar-refractivity contribution in [1.82, 2.24) is 9.97 Å². The molecule has 0 N–H and O–H groups in total. The Labute approximate surface area is 106 Å². The largest absolute Gasteiger partial charge is 0.423 e. The summed E-state index contributed by atoms with van der Waals surface area (Å²) in [5.74, 6) is 0.679. The summed E-state index contributed by atoms with van der Waals surface area (Å²) in [4.78, 5) is 7.87. The number of hydrogen-bond donors (Lipinski definition) is 0. The third-order valence-electron chi connectivity index (χ3n) is 1.79. The third-order valence-corrected chi connectivity index (χ3v) is 2.68. The minimum absolute atomic E-state index is 0.183. The Kier molecular flexibility index (Phi) is 3.31. The van der Waals surface area contributed by atoms with Crippen LogP contribution >= 0.6 is 22.6 Å². The summed E-state index contributed by atoms with van der Waals surface area (Å²) in [6.45, 7) is 0. The van der Waals surface area contributed by atoms with Crippen LogP contribution in [-0.4, -0.2) is 9.97 Å². The van der Waals surface area contributed by atoms with Crippen LogP contribution in [-0.2, 0) is 0 Å². The fourth-order valence-corrected chi connectivity index (χ4v) is 1.58. The van der Waals surface area contributed by atoms with Crippen LogP contribution in [0.3, 0.4) is 0 Å². The summed E-state index contributed by atoms with van der Waals surface area (Å²) in [5.41, 5.74) is 0.288. The number of nitriles is 1. The first-order valence-corrected chi connectivity index (χ1v) is 5.53. The maximum Gasteiger partial charge on any atom is 0.323 e. The van der Waals surface area contributed by atoms with Crippen LogP contribution in [0.4, 0.5) is 0 Å². The molecule has 0 radical (unpaired) electrons. The van der Waals surface area contributed by atoms with Crippen molar-refractivity contribution in [3.63, 3.8) is 0 Å². The Balaban J connectivity index is 2.28. The van der Waals surface area contributed by atoms with Gasteiger partial charge in [0, 0.05) is 6.20 Å². The molecule has 2 rings (SSSR count). The van der Waals surface area contributed by atoms with Crippen molar-refractivity contribution in [3.05, 3.63) is 45.8 Å². The SMILES string of the molecule is N#Cc1ccnc(Oc2ccccc2I)n1. The van der Waals surface area contributed by atoms with Crippen LogP contribution in [0.5, 0.6) is 11.8 Å². The summed E-state index contributed by atoms with van der Waals surface area (Å²) >= 11 is 2.16. The first-order chi connectivity index (χ1) is 7.79. The predicted molar refractivity (Wildman–Crippen MR) is 66.0 cm³/mol. The van der Waals surface area contributed by atoms with Gasteiger partial charge in [-0.05, 0) is 40.8 Å². The van der Waals surface area contributed by atoms with Crippen LogP contribution in [0, 0.1) is 14.9 Å². The first kappa shape index (κ1) is 10.8. The highest BCUT2D eigenvalue weighted by atomic mass is 127. The lowest BCUT2D eigenvalue weighted by Crippen LogP contribution is -1.94. The molecule has 0 fully saturated rings. The van der Waals surface area contributed by atoms with Gasteiger partial charge in [0.25, 0.3) is 0 Å². The Morgan fingerprint density at radius 1 is 1.25 bits per heavy atom. The van der Waals surface area contributed by atoms with Crippen LogP contribution in [0.2, 0.25) is 0 Å². The van der Waals surface area contributed by atoms with Crippen LogP contribution in [0.25, 0.3) is 0 Å². The summed E-state index contributed by atoms with van der Waals surface area (Å²) < 4.78 is 6.43. The minimum Gasteiger partial charge on any atom is -0.423 e. The molecule has 2 aromatic rings. The van der Waals surface area contributed by atoms with Crippen molar-refractivity contribution in [1.29, 1.82) is 5.26 Å². The van der Waals surface area contributed by atoms with E-state index in [-0.39, 0.29) is 11.7 Å². The van der Waals surface area contributed by atoms with E-state index in [1.54, 1.807) is 0 Å². The number of halogens is 1. The summed E-state index contributed by atoms with van der Waals surface area (Å²) in [7, 11) is 0. The van der Waals surface area contributed by atoms with E-state index < -0.39 is 0 Å². The highest BCUT2D eigenvalue weighted by Crippen LogP contribution is 2.23. The Morgan fingerprint density at radius 3 is 2.81 bits per heavy atom. The van der Waals surface area contributed by atoms with E-state index in [1.165, 1.54) is 12.3 Å². The number of rotatable bonds is 2. The molecule has 0 aliphatic heterocycles. The molecule has 0 bridgehead atoms. The molecule has 0 saturated carbocycles. The first-order valence-electron chi connectivity index (χ1n) is 4.45. The fourth-order valence-electron chi connectivity index (χ4n) is 1.08. The molecule has 0 spiro atoms. The van der Waals surface area contributed by atoms with Crippen LogP contribution in [0.15, 0.2) is 36.5 Å². The molecule has 0 unspecified atom stereocenters. The van der Waals surface area contributed by atoms with E-state index in [0.717, 1.165) is 3.57 Å². The van der Waals surface area contributed by atoms with E-state index in [4.69, 9.17) is 10.00 Å². The highest BCUT2D eigenvalue weighted by molar-refractivity contribution is 14.1. The summed E-state index contributed by atoms with van der Waals surface area (Å²) in [6, 6.07) is 11.2. The molecule has 0 amide bonds. The zero-order chi connectivity index (χ0) is 11.4. The Bertz CT molecular complexity index is 551. The molecule has 0 saturated heterocycles. The van der Waals surface area contributed by atoms with Gasteiger partial charge in [0.2, 0.25) is 0 Å². The molecule has 5 heteroatoms. The van der Waals surface area contributed by atoms with E-state index in [0.29, 0.717) is 5.75 Å². The second-order valence-electron chi connectivity index (χ2n) is 2.87. The number of nitrogens with zero attached hydrogens (tertiary/aromatic N) is 3. The number of ether oxygens (including phenoxy) is 1. The summed E-state index contributed by atoms with van der Waals surface area (Å²) in [5, 5.41) is 8.69. The van der Waals surface area contributed by atoms with Crippen molar-refractivity contribution >= 4 is 22.6 Å². The second-order valence-corrected chi connectivity index (χ2v) is 4.03. The van der Waals surface area contributed by atoms with E-state index in [1.807, 2.05) is 30.3 Å². The van der Waals surface area contributed by atoms with Crippen LogP contribution in [0.1, 0.15) is 5.69 Å². The Morgan fingerprint density at radius 2 is 2.06 bits per heavy atom. The average Bonchev–Trinajstić information content (AvgIpc) is 2.32. The number of aromatic nitrogens is 2. The highest BCUT2D eigenvalue weighted by Gasteiger charge is 2.04. The molecular weight excluding hydrogens is 317 g/mol. The van der Waals surface area contributed by atoms with Gasteiger partial charge in [0.05, 0.1) is 3.57 Å². The van der Waals surface area contributed by atoms with Gasteiger partial charge >= 0.3 is 6.01 Å². The topological polar surface area (TPSA) is 58.8 Å². The van der Waals surface area contributed by atoms with Crippen molar-refractivity contribution in [2.24, 2.45) is 0 Å². The lowest BCUT2D eigenvalue weighted by molar-refractivity contribution is 0.438. The standard InChI is InChI=1S/C11H6IN3O/c12-9-3-1-2-4-10(9)16-11-14-6-5-8(7-13)15-11/h1-6H. The zero-order valence-corrected chi connectivity index (χ0v) is 10.2. The van der Waals surface area contributed by atoms with Gasteiger partial charge in [-0.15, -0.1) is 0 Å². The molecule has 4 nitrogen and oxygen atoms in total. The minimum atomic E-state index is 0.183. The quantitative estimate of drug-likeness (QED) is 0.798. The van der Waals surface area contributed by atoms with Gasteiger partial charge in [-0.25, -0.2) is 4.98 Å². The van der Waals surface area contributed by atoms with Crippen molar-refractivity contribution in [2.75, 3.05) is 0 Å². The maximum atomic E-state index is 8.69. The van der Waals surface area contributed by atoms with Crippen molar-refractivity contribution in [2.45, 2.75) is 0 Å². The zero-order valence-electron chi connectivity index (χ0n) is 8.09. The van der Waals surface area contributed by atoms with E-state index in [2.05, 4.69) is 32.6 Å². The smallest absolute Gasteiger partial charge is 0.323 e. The summed E-state index contributed by atoms with van der Waals surface area (Å²) in [6.07, 6.45) is 1.50. The van der Waals surface area contributed by atoms with Gasteiger partial charge in [-0.1, -0.05) is 12.1 Å². The average molecular weight is 323 g/mol. The molecule has 1 heterocycles. The molecule has 1 aromatic heterocycles. The fraction of sp³-hybridized carbons (Fsp3) is 0. The van der Waals surface area contributed by atoms with Gasteiger partial charge in [-0.3, -0.25) is 0 Å². The molecule has 0 atom stereocenters. The molecule has 78 valence electrons. The third kappa shape index (κ3) is 2.46. The van der Waals surface area contributed by atoms with Crippen molar-refractivity contribution < 1.29 is 4.74 Å². The van der Waals surface area contributed by atoms with Gasteiger partial charge in [0.15, 0.2) is 0 Å². The van der Waals surface area contributed by atoms with Crippen LogP contribution < -0.4 is 4.74 Å². The number of benzene rings is 1. The Hall–Kier alpha value is -1.68. The van der Waals surface area contributed by atoms with E-state index >= 15 is 0 Å².